The molecule has 19 heavy (non-hydrogen) atoms. The van der Waals surface area contributed by atoms with Gasteiger partial charge in [0.05, 0.1) is 12.5 Å². The molecule has 1 atom stereocenters. The summed E-state index contributed by atoms with van der Waals surface area (Å²) in [5.74, 6) is 0.164. The first-order chi connectivity index (χ1) is 9.29. The normalized spacial score (nSPS) is 19.2. The fourth-order valence-electron chi connectivity index (χ4n) is 2.71. The summed E-state index contributed by atoms with van der Waals surface area (Å²) in [6, 6.07) is 8.91. The molecule has 2 rings (SSSR count). The number of aryl methyl sites for hydroxylation is 2. The molecular formula is C17H24O2. The zero-order valence-electron chi connectivity index (χ0n) is 11.9. The summed E-state index contributed by atoms with van der Waals surface area (Å²) >= 11 is 0. The highest BCUT2D eigenvalue weighted by Gasteiger charge is 2.23. The van der Waals surface area contributed by atoms with Gasteiger partial charge in [-0.25, -0.2) is 0 Å². The molecule has 1 saturated heterocycles. The lowest BCUT2D eigenvalue weighted by atomic mass is 9.94. The molecule has 0 amide bonds. The number of esters is 1. The largest absolute Gasteiger partial charge is 0.465 e. The van der Waals surface area contributed by atoms with Gasteiger partial charge in [-0.1, -0.05) is 37.6 Å². The fourth-order valence-corrected chi connectivity index (χ4v) is 2.71. The first-order valence-electron chi connectivity index (χ1n) is 7.54. The second-order valence-electron chi connectivity index (χ2n) is 5.47. The summed E-state index contributed by atoms with van der Waals surface area (Å²) in [6.07, 6.45) is 7.51. The Morgan fingerprint density at radius 3 is 2.47 bits per heavy atom. The third-order valence-electron chi connectivity index (χ3n) is 3.85. The van der Waals surface area contributed by atoms with Crippen LogP contribution in [0.15, 0.2) is 24.3 Å². The molecule has 1 aromatic rings. The average molecular weight is 260 g/mol. The lowest BCUT2D eigenvalue weighted by Gasteiger charge is -2.20. The van der Waals surface area contributed by atoms with Gasteiger partial charge in [0.25, 0.3) is 0 Å². The maximum Gasteiger partial charge on any atom is 0.308 e. The molecule has 0 N–H and O–H groups in total. The highest BCUT2D eigenvalue weighted by molar-refractivity contribution is 5.72. The number of ether oxygens (including phenoxy) is 1. The maximum atomic E-state index is 11.5. The lowest BCUT2D eigenvalue weighted by Crippen LogP contribution is -2.24. The smallest absolute Gasteiger partial charge is 0.308 e. The molecule has 1 fully saturated rings. The van der Waals surface area contributed by atoms with Crippen LogP contribution in [0.3, 0.4) is 0 Å². The van der Waals surface area contributed by atoms with E-state index in [1.807, 2.05) is 0 Å². The van der Waals surface area contributed by atoms with E-state index >= 15 is 0 Å². The van der Waals surface area contributed by atoms with Gasteiger partial charge >= 0.3 is 5.97 Å². The molecule has 1 aliphatic rings. The second-order valence-corrected chi connectivity index (χ2v) is 5.47. The molecule has 0 spiro atoms. The molecule has 104 valence electrons. The Labute approximate surface area is 116 Å². The minimum Gasteiger partial charge on any atom is -0.465 e. The number of benzene rings is 1. The van der Waals surface area contributed by atoms with Crippen LogP contribution in [0.4, 0.5) is 0 Å². The van der Waals surface area contributed by atoms with Crippen LogP contribution in [0.1, 0.15) is 50.2 Å². The third kappa shape index (κ3) is 4.38. The number of carbonyl (C=O) groups excluding carboxylic acids is 1. The third-order valence-corrected chi connectivity index (χ3v) is 3.85. The molecule has 0 bridgehead atoms. The van der Waals surface area contributed by atoms with Gasteiger partial charge in [-0.2, -0.15) is 0 Å². The van der Waals surface area contributed by atoms with Crippen LogP contribution >= 0.6 is 0 Å². The van der Waals surface area contributed by atoms with Gasteiger partial charge in [-0.05, 0) is 49.7 Å². The van der Waals surface area contributed by atoms with Crippen LogP contribution in [0, 0.1) is 5.92 Å². The molecule has 2 nitrogen and oxygen atoms in total. The number of hydrogen-bond donors (Lipinski definition) is 0. The van der Waals surface area contributed by atoms with E-state index in [9.17, 15) is 4.79 Å². The minimum atomic E-state index is 0.0181. The van der Waals surface area contributed by atoms with Crippen LogP contribution < -0.4 is 0 Å². The summed E-state index contributed by atoms with van der Waals surface area (Å²) < 4.78 is 5.10. The van der Waals surface area contributed by atoms with Crippen molar-refractivity contribution in [3.05, 3.63) is 35.4 Å². The topological polar surface area (TPSA) is 26.3 Å². The van der Waals surface area contributed by atoms with Crippen LogP contribution in [-0.2, 0) is 22.4 Å². The molecule has 1 aromatic carbocycles. The van der Waals surface area contributed by atoms with Gasteiger partial charge in [0.2, 0.25) is 0 Å². The van der Waals surface area contributed by atoms with Gasteiger partial charge < -0.3 is 4.74 Å². The van der Waals surface area contributed by atoms with Crippen molar-refractivity contribution in [3.8, 4) is 0 Å². The molecule has 1 heterocycles. The van der Waals surface area contributed by atoms with Gasteiger partial charge in [-0.15, -0.1) is 0 Å². The molecule has 0 aromatic heterocycles. The van der Waals surface area contributed by atoms with E-state index in [1.54, 1.807) is 0 Å². The quantitative estimate of drug-likeness (QED) is 0.725. The maximum absolute atomic E-state index is 11.5. The van der Waals surface area contributed by atoms with E-state index in [0.717, 1.165) is 38.5 Å². The standard InChI is InChI=1S/C17H24O2/c1-2-5-14-9-11-15(12-10-14)6-3-7-16-8-4-13-19-17(16)18/h9-12,16H,2-8,13H2,1H3. The highest BCUT2D eigenvalue weighted by atomic mass is 16.5. The van der Waals surface area contributed by atoms with E-state index in [1.165, 1.54) is 17.5 Å². The van der Waals surface area contributed by atoms with Crippen molar-refractivity contribution in [2.24, 2.45) is 5.92 Å². The van der Waals surface area contributed by atoms with E-state index in [4.69, 9.17) is 4.74 Å². The minimum absolute atomic E-state index is 0.0181. The Hall–Kier alpha value is -1.31. The molecule has 1 unspecified atom stereocenters. The molecular weight excluding hydrogens is 236 g/mol. The summed E-state index contributed by atoms with van der Waals surface area (Å²) in [5, 5.41) is 0. The van der Waals surface area contributed by atoms with E-state index in [0.29, 0.717) is 6.61 Å². The number of carbonyl (C=O) groups is 1. The zero-order valence-corrected chi connectivity index (χ0v) is 11.9. The molecule has 1 aliphatic heterocycles. The van der Waals surface area contributed by atoms with Gasteiger partial charge in [0, 0.05) is 0 Å². The molecule has 0 aliphatic carbocycles. The van der Waals surface area contributed by atoms with Crippen LogP contribution in [0.25, 0.3) is 0 Å². The van der Waals surface area contributed by atoms with Crippen LogP contribution in [0.2, 0.25) is 0 Å². The highest BCUT2D eigenvalue weighted by Crippen LogP contribution is 2.21. The van der Waals surface area contributed by atoms with Crippen molar-refractivity contribution >= 4 is 5.97 Å². The lowest BCUT2D eigenvalue weighted by molar-refractivity contribution is -0.153. The monoisotopic (exact) mass is 260 g/mol. The van der Waals surface area contributed by atoms with Crippen molar-refractivity contribution in [1.29, 1.82) is 0 Å². The summed E-state index contributed by atoms with van der Waals surface area (Å²) in [4.78, 5) is 11.5. The van der Waals surface area contributed by atoms with E-state index in [-0.39, 0.29) is 11.9 Å². The first kappa shape index (κ1) is 14.1. The molecule has 0 radical (unpaired) electrons. The number of hydrogen-bond acceptors (Lipinski definition) is 2. The van der Waals surface area contributed by atoms with Crippen LogP contribution in [-0.4, -0.2) is 12.6 Å². The van der Waals surface area contributed by atoms with Crippen molar-refractivity contribution in [2.75, 3.05) is 6.61 Å². The molecule has 0 saturated carbocycles. The zero-order chi connectivity index (χ0) is 13.5. The summed E-state index contributed by atoms with van der Waals surface area (Å²) in [7, 11) is 0. The Morgan fingerprint density at radius 2 is 1.84 bits per heavy atom. The summed E-state index contributed by atoms with van der Waals surface area (Å²) in [6.45, 7) is 2.82. The predicted octanol–water partition coefficient (Wildman–Crippen LogP) is 3.92. The van der Waals surface area contributed by atoms with Crippen LogP contribution in [0.5, 0.6) is 0 Å². The Bertz CT molecular complexity index is 394. The van der Waals surface area contributed by atoms with Gasteiger partial charge in [-0.3, -0.25) is 4.79 Å². The SMILES string of the molecule is CCCc1ccc(CCCC2CCCOC2=O)cc1. The Morgan fingerprint density at radius 1 is 1.16 bits per heavy atom. The van der Waals surface area contributed by atoms with E-state index < -0.39 is 0 Å². The van der Waals surface area contributed by atoms with E-state index in [2.05, 4.69) is 31.2 Å². The number of cyclic esters (lactones) is 1. The van der Waals surface area contributed by atoms with Gasteiger partial charge in [0.15, 0.2) is 0 Å². The van der Waals surface area contributed by atoms with Crippen molar-refractivity contribution in [2.45, 2.75) is 51.9 Å². The Balaban J connectivity index is 1.74. The predicted molar refractivity (Wildman–Crippen MR) is 77.1 cm³/mol. The van der Waals surface area contributed by atoms with Crippen molar-refractivity contribution in [3.63, 3.8) is 0 Å². The average Bonchev–Trinajstić information content (AvgIpc) is 2.43. The number of rotatable bonds is 6. The Kier molecular flexibility index (Phi) is 5.44. The first-order valence-corrected chi connectivity index (χ1v) is 7.54. The van der Waals surface area contributed by atoms with Crippen molar-refractivity contribution < 1.29 is 9.53 Å². The molecule has 2 heteroatoms. The fraction of sp³-hybridized carbons (Fsp3) is 0.588. The van der Waals surface area contributed by atoms with Crippen molar-refractivity contribution in [1.82, 2.24) is 0 Å². The van der Waals surface area contributed by atoms with Gasteiger partial charge in [0.1, 0.15) is 0 Å². The summed E-state index contributed by atoms with van der Waals surface area (Å²) in [5.41, 5.74) is 2.80. The second kappa shape index (κ2) is 7.32.